The van der Waals surface area contributed by atoms with Crippen molar-refractivity contribution in [3.8, 4) is 0 Å². The molecule has 8 aromatic rings. The van der Waals surface area contributed by atoms with Crippen LogP contribution in [0.4, 0.5) is 0 Å². The number of allylic oxidation sites excluding steroid dienone is 4. The molecule has 3 aliphatic rings. The highest BCUT2D eigenvalue weighted by Gasteiger charge is 2.36. The number of hydrogen-bond acceptors (Lipinski definition) is 0. The van der Waals surface area contributed by atoms with Crippen molar-refractivity contribution in [1.82, 2.24) is 13.9 Å². The van der Waals surface area contributed by atoms with Crippen LogP contribution in [0.1, 0.15) is 41.4 Å². The fourth-order valence-electron chi connectivity index (χ4n) is 8.89. The fourth-order valence-corrected chi connectivity index (χ4v) is 8.89. The van der Waals surface area contributed by atoms with E-state index in [0.717, 1.165) is 12.8 Å². The molecule has 0 amide bonds. The van der Waals surface area contributed by atoms with Gasteiger partial charge in [-0.05, 0) is 54.3 Å². The first-order valence-electron chi connectivity index (χ1n) is 16.8. The smallest absolute Gasteiger partial charge is 0.0716 e. The minimum atomic E-state index is 0.134. The van der Waals surface area contributed by atoms with Gasteiger partial charge < -0.3 is 4.57 Å². The van der Waals surface area contributed by atoms with E-state index in [1.807, 2.05) is 0 Å². The number of aromatic nitrogens is 3. The minimum Gasteiger partial charge on any atom is -0.309 e. The van der Waals surface area contributed by atoms with Crippen molar-refractivity contribution in [1.29, 1.82) is 0 Å². The molecule has 0 saturated heterocycles. The molecule has 3 nitrogen and oxygen atoms in total. The van der Waals surface area contributed by atoms with E-state index in [1.54, 1.807) is 0 Å². The van der Waals surface area contributed by atoms with Crippen molar-refractivity contribution in [3.63, 3.8) is 0 Å². The summed E-state index contributed by atoms with van der Waals surface area (Å²) in [7, 11) is 0. The van der Waals surface area contributed by atoms with E-state index < -0.39 is 0 Å². The number of hydrogen-bond donors (Lipinski definition) is 0. The molecule has 0 saturated carbocycles. The maximum atomic E-state index is 2.59. The molecule has 2 unspecified atom stereocenters. The van der Waals surface area contributed by atoms with Gasteiger partial charge in [-0.25, -0.2) is 9.35 Å². The minimum absolute atomic E-state index is 0.134. The highest BCUT2D eigenvalue weighted by atomic mass is 15.5. The van der Waals surface area contributed by atoms with E-state index in [1.165, 1.54) is 82.3 Å². The van der Waals surface area contributed by atoms with E-state index in [-0.39, 0.29) is 5.92 Å². The standard InChI is InChI=1S/C44H31N3/c1-2-13-28(14-3-1)30-25-35-41(45-36-20-8-4-16-31(36)32-17-5-9-21-37(32)45)26-29-15-12-24-40-43(29)44(35)42(27-30)47(40)46-38-22-10-6-18-33(38)34-19-7-11-23-39(34)46/h1-11,13-14,16-27,29-30H,12,15H2. The molecule has 3 aliphatic carbocycles. The van der Waals surface area contributed by atoms with Gasteiger partial charge in [0.2, 0.25) is 0 Å². The second-order valence-corrected chi connectivity index (χ2v) is 13.2. The van der Waals surface area contributed by atoms with Crippen molar-refractivity contribution < 1.29 is 0 Å². The zero-order valence-corrected chi connectivity index (χ0v) is 25.8. The Labute approximate surface area is 271 Å². The van der Waals surface area contributed by atoms with Gasteiger partial charge in [-0.3, -0.25) is 0 Å². The van der Waals surface area contributed by atoms with Crippen LogP contribution in [0.15, 0.2) is 140 Å². The molecule has 3 heteroatoms. The second-order valence-electron chi connectivity index (χ2n) is 13.2. The van der Waals surface area contributed by atoms with E-state index in [2.05, 4.69) is 166 Å². The van der Waals surface area contributed by atoms with Gasteiger partial charge in [0.25, 0.3) is 0 Å². The molecule has 3 aromatic heterocycles. The van der Waals surface area contributed by atoms with Crippen molar-refractivity contribution in [3.05, 3.63) is 167 Å². The lowest BCUT2D eigenvalue weighted by Gasteiger charge is -2.30. The number of rotatable bonds is 3. The Hall–Kier alpha value is -5.80. The highest BCUT2D eigenvalue weighted by Crippen LogP contribution is 2.46. The molecule has 3 heterocycles. The molecule has 11 rings (SSSR count). The highest BCUT2D eigenvalue weighted by molar-refractivity contribution is 6.15. The maximum Gasteiger partial charge on any atom is 0.0716 e. The van der Waals surface area contributed by atoms with Gasteiger partial charge in [-0.2, -0.15) is 0 Å². The third-order valence-electron chi connectivity index (χ3n) is 10.8. The normalized spacial score (nSPS) is 18.2. The third-order valence-corrected chi connectivity index (χ3v) is 10.8. The summed E-state index contributed by atoms with van der Waals surface area (Å²) in [6, 6.07) is 46.6. The number of para-hydroxylation sites is 4. The maximum absolute atomic E-state index is 2.59. The molecule has 222 valence electrons. The van der Waals surface area contributed by atoms with E-state index in [4.69, 9.17) is 0 Å². The quantitative estimate of drug-likeness (QED) is 0.192. The van der Waals surface area contributed by atoms with Gasteiger partial charge in [-0.15, -0.1) is 0 Å². The molecular weight excluding hydrogens is 571 g/mol. The predicted octanol–water partition coefficient (Wildman–Crippen LogP) is 9.19. The summed E-state index contributed by atoms with van der Waals surface area (Å²) < 4.78 is 7.60. The lowest BCUT2D eigenvalue weighted by molar-refractivity contribution is 0.649. The van der Waals surface area contributed by atoms with Gasteiger partial charge in [0, 0.05) is 44.5 Å². The summed E-state index contributed by atoms with van der Waals surface area (Å²) >= 11 is 0. The van der Waals surface area contributed by atoms with Gasteiger partial charge >= 0.3 is 0 Å². The van der Waals surface area contributed by atoms with Crippen LogP contribution < -0.4 is 10.7 Å². The first kappa shape index (κ1) is 25.4. The summed E-state index contributed by atoms with van der Waals surface area (Å²) in [6.07, 6.45) is 12.3. The first-order valence-corrected chi connectivity index (χ1v) is 16.8. The van der Waals surface area contributed by atoms with Crippen LogP contribution in [-0.2, 0) is 0 Å². The average Bonchev–Trinajstić information content (AvgIpc) is 3.77. The molecule has 2 atom stereocenters. The third kappa shape index (κ3) is 3.36. The van der Waals surface area contributed by atoms with Crippen LogP contribution in [0.5, 0.6) is 0 Å². The Bertz CT molecular complexity index is 2690. The summed E-state index contributed by atoms with van der Waals surface area (Å²) in [4.78, 5) is 0. The SMILES string of the molecule is C1=C2C(n3c4ccccc4c4ccccc43)=CC3CCC=c4c3c2c(n4-n2c3ccccc3c3ccccc32)=CC1c1ccccc1. The number of fused-ring (bicyclic) bond motifs is 6. The van der Waals surface area contributed by atoms with Crippen molar-refractivity contribution in [2.45, 2.75) is 24.7 Å². The van der Waals surface area contributed by atoms with E-state index in [0.29, 0.717) is 5.92 Å². The monoisotopic (exact) mass is 601 g/mol. The van der Waals surface area contributed by atoms with Crippen LogP contribution in [0.2, 0.25) is 0 Å². The lowest BCUT2D eigenvalue weighted by atomic mass is 9.77. The van der Waals surface area contributed by atoms with Gasteiger partial charge in [0.05, 0.1) is 38.5 Å². The molecule has 0 aliphatic heterocycles. The molecule has 0 spiro atoms. The van der Waals surface area contributed by atoms with Gasteiger partial charge in [0.1, 0.15) is 0 Å². The Balaban J connectivity index is 1.29. The van der Waals surface area contributed by atoms with Crippen LogP contribution in [0.3, 0.4) is 0 Å². The zero-order valence-electron chi connectivity index (χ0n) is 25.8. The topological polar surface area (TPSA) is 14.8 Å². The number of nitrogens with zero attached hydrogens (tertiary/aromatic N) is 3. The Morgan fingerprint density at radius 2 is 1.04 bits per heavy atom. The Morgan fingerprint density at radius 3 is 1.68 bits per heavy atom. The Morgan fingerprint density at radius 1 is 0.489 bits per heavy atom. The van der Waals surface area contributed by atoms with Crippen molar-refractivity contribution >= 4 is 67.0 Å². The van der Waals surface area contributed by atoms with Crippen LogP contribution in [-0.4, -0.2) is 13.9 Å². The fraction of sp³-hybridized carbons (Fsp3) is 0.0909. The van der Waals surface area contributed by atoms with Crippen molar-refractivity contribution in [2.75, 3.05) is 0 Å². The summed E-state index contributed by atoms with van der Waals surface area (Å²) in [5, 5.41) is 7.82. The van der Waals surface area contributed by atoms with Gasteiger partial charge in [-0.1, -0.05) is 121 Å². The van der Waals surface area contributed by atoms with Crippen LogP contribution in [0, 0.1) is 0 Å². The molecule has 47 heavy (non-hydrogen) atoms. The summed E-state index contributed by atoms with van der Waals surface area (Å²) in [5.41, 5.74) is 11.8. The van der Waals surface area contributed by atoms with Gasteiger partial charge in [0.15, 0.2) is 0 Å². The first-order chi connectivity index (χ1) is 23.3. The molecule has 0 bridgehead atoms. The predicted molar refractivity (Wildman–Crippen MR) is 196 cm³/mol. The van der Waals surface area contributed by atoms with Crippen LogP contribution >= 0.6 is 0 Å². The largest absolute Gasteiger partial charge is 0.309 e. The van der Waals surface area contributed by atoms with E-state index in [9.17, 15) is 0 Å². The molecule has 0 fully saturated rings. The molecule has 5 aromatic carbocycles. The second kappa shape index (κ2) is 9.37. The van der Waals surface area contributed by atoms with E-state index >= 15 is 0 Å². The zero-order chi connectivity index (χ0) is 30.6. The van der Waals surface area contributed by atoms with Crippen molar-refractivity contribution in [2.24, 2.45) is 0 Å². The molecular formula is C44H31N3. The molecule has 0 radical (unpaired) electrons. The lowest BCUT2D eigenvalue weighted by Crippen LogP contribution is -2.35. The van der Waals surface area contributed by atoms with Crippen LogP contribution in [0.25, 0.3) is 67.0 Å². The Kier molecular flexibility index (Phi) is 5.06. The summed E-state index contributed by atoms with van der Waals surface area (Å²) in [5.74, 6) is 0.474. The summed E-state index contributed by atoms with van der Waals surface area (Å²) in [6.45, 7) is 0. The average molecular weight is 602 g/mol. The number of benzene rings is 5. The molecule has 0 N–H and O–H groups in total.